The lowest BCUT2D eigenvalue weighted by molar-refractivity contribution is 0.0696. The number of hydrogen-bond acceptors (Lipinski definition) is 2. The maximum absolute atomic E-state index is 10.8. The Morgan fingerprint density at radius 1 is 1.62 bits per heavy atom. The highest BCUT2D eigenvalue weighted by molar-refractivity contribution is 9.10. The normalized spacial score (nSPS) is 22.9. The Labute approximate surface area is 103 Å². The summed E-state index contributed by atoms with van der Waals surface area (Å²) in [7, 11) is 0. The third-order valence-electron chi connectivity index (χ3n) is 3.00. The fourth-order valence-electron chi connectivity index (χ4n) is 1.87. The molecule has 2 unspecified atom stereocenters. The van der Waals surface area contributed by atoms with Crippen LogP contribution in [0.15, 0.2) is 22.7 Å². The van der Waals surface area contributed by atoms with Crippen LogP contribution in [0.5, 0.6) is 0 Å². The largest absolute Gasteiger partial charge is 0.478 e. The number of aromatic carboxylic acids is 1. The highest BCUT2D eigenvalue weighted by Gasteiger charge is 2.35. The molecule has 1 fully saturated rings. The van der Waals surface area contributed by atoms with E-state index in [0.29, 0.717) is 16.1 Å². The molecule has 86 valence electrons. The highest BCUT2D eigenvalue weighted by atomic mass is 79.9. The maximum atomic E-state index is 10.8. The second-order valence-electron chi connectivity index (χ2n) is 4.15. The molecule has 0 aliphatic heterocycles. The van der Waals surface area contributed by atoms with Gasteiger partial charge < -0.3 is 10.4 Å². The minimum Gasteiger partial charge on any atom is -0.478 e. The van der Waals surface area contributed by atoms with Gasteiger partial charge in [-0.15, -0.1) is 0 Å². The van der Waals surface area contributed by atoms with Crippen LogP contribution in [0.2, 0.25) is 0 Å². The van der Waals surface area contributed by atoms with Crippen LogP contribution in [0.4, 0.5) is 5.69 Å². The van der Waals surface area contributed by atoms with Crippen molar-refractivity contribution in [2.75, 3.05) is 5.32 Å². The third kappa shape index (κ3) is 2.38. The number of carbonyl (C=O) groups is 1. The molecule has 3 nitrogen and oxygen atoms in total. The number of benzene rings is 1. The second-order valence-corrected chi connectivity index (χ2v) is 5.01. The average Bonchev–Trinajstić information content (AvgIpc) is 2.96. The SMILES string of the molecule is CCC1CC1Nc1ccc(C(=O)O)c(Br)c1. The van der Waals surface area contributed by atoms with E-state index >= 15 is 0 Å². The summed E-state index contributed by atoms with van der Waals surface area (Å²) in [4.78, 5) is 10.8. The Bertz CT molecular complexity index is 419. The molecule has 0 heterocycles. The molecule has 2 N–H and O–H groups in total. The molecule has 0 amide bonds. The van der Waals surface area contributed by atoms with Crippen molar-refractivity contribution < 1.29 is 9.90 Å². The van der Waals surface area contributed by atoms with Crippen molar-refractivity contribution in [3.8, 4) is 0 Å². The first-order valence-electron chi connectivity index (χ1n) is 5.41. The second kappa shape index (κ2) is 4.45. The van der Waals surface area contributed by atoms with Gasteiger partial charge in [-0.05, 0) is 46.5 Å². The molecule has 4 heteroatoms. The summed E-state index contributed by atoms with van der Waals surface area (Å²) in [5.41, 5.74) is 1.28. The summed E-state index contributed by atoms with van der Waals surface area (Å²) in [6.07, 6.45) is 2.42. The zero-order valence-corrected chi connectivity index (χ0v) is 10.6. The van der Waals surface area contributed by atoms with E-state index in [0.717, 1.165) is 11.6 Å². The number of nitrogens with one attached hydrogen (secondary N) is 1. The van der Waals surface area contributed by atoms with Gasteiger partial charge >= 0.3 is 5.97 Å². The zero-order chi connectivity index (χ0) is 11.7. The van der Waals surface area contributed by atoms with Crippen molar-refractivity contribution >= 4 is 27.6 Å². The van der Waals surface area contributed by atoms with Gasteiger partial charge in [-0.1, -0.05) is 13.3 Å². The van der Waals surface area contributed by atoms with Crippen LogP contribution in [-0.4, -0.2) is 17.1 Å². The lowest BCUT2D eigenvalue weighted by Gasteiger charge is -2.07. The average molecular weight is 284 g/mol. The minimum atomic E-state index is -0.906. The molecule has 1 aromatic carbocycles. The number of hydrogen-bond donors (Lipinski definition) is 2. The van der Waals surface area contributed by atoms with E-state index in [1.54, 1.807) is 6.07 Å². The van der Waals surface area contributed by atoms with E-state index in [4.69, 9.17) is 5.11 Å². The smallest absolute Gasteiger partial charge is 0.336 e. The van der Waals surface area contributed by atoms with Crippen molar-refractivity contribution in [2.24, 2.45) is 5.92 Å². The van der Waals surface area contributed by atoms with Crippen LogP contribution in [-0.2, 0) is 0 Å². The van der Waals surface area contributed by atoms with Crippen molar-refractivity contribution in [3.63, 3.8) is 0 Å². The maximum Gasteiger partial charge on any atom is 0.336 e. The van der Waals surface area contributed by atoms with Gasteiger partial charge in [0, 0.05) is 16.2 Å². The van der Waals surface area contributed by atoms with E-state index in [9.17, 15) is 4.79 Å². The summed E-state index contributed by atoms with van der Waals surface area (Å²) in [6.45, 7) is 2.19. The van der Waals surface area contributed by atoms with E-state index in [-0.39, 0.29) is 0 Å². The van der Waals surface area contributed by atoms with Gasteiger partial charge in [-0.25, -0.2) is 4.79 Å². The van der Waals surface area contributed by atoms with Gasteiger partial charge in [0.15, 0.2) is 0 Å². The van der Waals surface area contributed by atoms with E-state index in [1.165, 1.54) is 12.8 Å². The summed E-state index contributed by atoms with van der Waals surface area (Å²) in [5.74, 6) is -0.130. The molecule has 1 saturated carbocycles. The molecule has 1 aliphatic carbocycles. The van der Waals surface area contributed by atoms with Crippen molar-refractivity contribution in [1.29, 1.82) is 0 Å². The van der Waals surface area contributed by atoms with E-state index in [2.05, 4.69) is 28.2 Å². The van der Waals surface area contributed by atoms with Crippen LogP contribution >= 0.6 is 15.9 Å². The van der Waals surface area contributed by atoms with Crippen molar-refractivity contribution in [3.05, 3.63) is 28.2 Å². The fraction of sp³-hybridized carbons (Fsp3) is 0.417. The minimum absolute atomic E-state index is 0.299. The predicted octanol–water partition coefficient (Wildman–Crippen LogP) is 3.36. The summed E-state index contributed by atoms with van der Waals surface area (Å²) < 4.78 is 0.624. The number of carboxylic acid groups (broad SMARTS) is 1. The molecule has 2 rings (SSSR count). The summed E-state index contributed by atoms with van der Waals surface area (Å²) in [6, 6.07) is 5.83. The summed E-state index contributed by atoms with van der Waals surface area (Å²) >= 11 is 3.27. The Hall–Kier alpha value is -1.03. The predicted molar refractivity (Wildman–Crippen MR) is 66.9 cm³/mol. The molecular formula is C12H14BrNO2. The number of anilines is 1. The molecule has 0 bridgehead atoms. The van der Waals surface area contributed by atoms with Crippen LogP contribution < -0.4 is 5.32 Å². The van der Waals surface area contributed by atoms with Crippen LogP contribution in [0.1, 0.15) is 30.1 Å². The van der Waals surface area contributed by atoms with Gasteiger partial charge in [-0.2, -0.15) is 0 Å². The van der Waals surface area contributed by atoms with Crippen LogP contribution in [0.3, 0.4) is 0 Å². The topological polar surface area (TPSA) is 49.3 Å². The third-order valence-corrected chi connectivity index (χ3v) is 3.65. The van der Waals surface area contributed by atoms with Gasteiger partial charge in [0.2, 0.25) is 0 Å². The Balaban J connectivity index is 2.07. The zero-order valence-electron chi connectivity index (χ0n) is 9.03. The lowest BCUT2D eigenvalue weighted by Crippen LogP contribution is -2.05. The van der Waals surface area contributed by atoms with E-state index < -0.39 is 5.97 Å². The van der Waals surface area contributed by atoms with Gasteiger partial charge in [0.1, 0.15) is 0 Å². The van der Waals surface area contributed by atoms with Crippen LogP contribution in [0.25, 0.3) is 0 Å². The molecule has 1 aliphatic rings. The van der Waals surface area contributed by atoms with Gasteiger partial charge in [0.05, 0.1) is 5.56 Å². The molecular weight excluding hydrogens is 270 g/mol. The van der Waals surface area contributed by atoms with Gasteiger partial charge in [0.25, 0.3) is 0 Å². The number of carboxylic acids is 1. The fourth-order valence-corrected chi connectivity index (χ4v) is 2.42. The number of halogens is 1. The molecule has 0 aromatic heterocycles. The Morgan fingerprint density at radius 3 is 2.88 bits per heavy atom. The molecule has 0 radical (unpaired) electrons. The monoisotopic (exact) mass is 283 g/mol. The molecule has 0 spiro atoms. The first-order valence-corrected chi connectivity index (χ1v) is 6.20. The quantitative estimate of drug-likeness (QED) is 0.891. The molecule has 2 atom stereocenters. The molecule has 16 heavy (non-hydrogen) atoms. The standard InChI is InChI=1S/C12H14BrNO2/c1-2-7-5-11(7)14-8-3-4-9(12(15)16)10(13)6-8/h3-4,6-7,11,14H,2,5H2,1H3,(H,15,16). The summed E-state index contributed by atoms with van der Waals surface area (Å²) in [5, 5.41) is 12.3. The highest BCUT2D eigenvalue weighted by Crippen LogP contribution is 2.36. The molecule has 0 saturated heterocycles. The first kappa shape index (κ1) is 11.5. The first-order chi connectivity index (χ1) is 7.61. The molecule has 1 aromatic rings. The Kier molecular flexibility index (Phi) is 3.19. The number of rotatable bonds is 4. The Morgan fingerprint density at radius 2 is 2.38 bits per heavy atom. The van der Waals surface area contributed by atoms with E-state index in [1.807, 2.05) is 12.1 Å². The lowest BCUT2D eigenvalue weighted by atomic mass is 10.2. The van der Waals surface area contributed by atoms with Gasteiger partial charge in [-0.3, -0.25) is 0 Å². The van der Waals surface area contributed by atoms with Crippen molar-refractivity contribution in [2.45, 2.75) is 25.8 Å². The van der Waals surface area contributed by atoms with Crippen molar-refractivity contribution in [1.82, 2.24) is 0 Å². The van der Waals surface area contributed by atoms with Crippen LogP contribution in [0, 0.1) is 5.92 Å².